The highest BCUT2D eigenvalue weighted by molar-refractivity contribution is 6.29. The Labute approximate surface area is 114 Å². The second-order valence-electron chi connectivity index (χ2n) is 4.05. The summed E-state index contributed by atoms with van der Waals surface area (Å²) >= 11 is 5.80. The average molecular weight is 279 g/mol. The van der Waals surface area contributed by atoms with E-state index < -0.39 is 0 Å². The first-order chi connectivity index (χ1) is 9.22. The van der Waals surface area contributed by atoms with Crippen molar-refractivity contribution in [3.63, 3.8) is 0 Å². The van der Waals surface area contributed by atoms with Crippen LogP contribution in [-0.2, 0) is 6.54 Å². The van der Waals surface area contributed by atoms with Gasteiger partial charge in [-0.25, -0.2) is 4.98 Å². The number of nitrogens with zero attached hydrogens (tertiary/aromatic N) is 1. The summed E-state index contributed by atoms with van der Waals surface area (Å²) in [6, 6.07) is 6.83. The number of phenolic OH excluding ortho intramolecular Hbond substituents is 1. The third kappa shape index (κ3) is 2.51. The van der Waals surface area contributed by atoms with E-state index in [1.807, 2.05) is 0 Å². The van der Waals surface area contributed by atoms with Crippen molar-refractivity contribution in [2.24, 2.45) is 0 Å². The number of hydrogen-bond donors (Lipinski definition) is 2. The molecule has 0 fully saturated rings. The van der Waals surface area contributed by atoms with Gasteiger partial charge in [0.15, 0.2) is 11.5 Å². The van der Waals surface area contributed by atoms with Crippen LogP contribution in [0.1, 0.15) is 5.56 Å². The number of hydrogen-bond acceptors (Lipinski definition) is 5. The molecule has 1 aliphatic rings. The van der Waals surface area contributed by atoms with Crippen molar-refractivity contribution in [3.05, 3.63) is 41.2 Å². The first-order valence-electron chi connectivity index (χ1n) is 5.69. The van der Waals surface area contributed by atoms with Gasteiger partial charge >= 0.3 is 0 Å². The van der Waals surface area contributed by atoms with Crippen LogP contribution in [0.5, 0.6) is 17.2 Å². The fourth-order valence-corrected chi connectivity index (χ4v) is 2.00. The molecule has 2 N–H and O–H groups in total. The Kier molecular flexibility index (Phi) is 3.05. The predicted octanol–water partition coefficient (Wildman–Crippen LogP) is 2.78. The number of aromatic hydroxyl groups is 1. The fourth-order valence-electron chi connectivity index (χ4n) is 1.82. The van der Waals surface area contributed by atoms with E-state index >= 15 is 0 Å². The molecular weight excluding hydrogens is 268 g/mol. The summed E-state index contributed by atoms with van der Waals surface area (Å²) in [5, 5.41) is 13.5. The largest absolute Gasteiger partial charge is 0.507 e. The topological polar surface area (TPSA) is 63.6 Å². The van der Waals surface area contributed by atoms with E-state index in [2.05, 4.69) is 10.3 Å². The number of phenols is 1. The van der Waals surface area contributed by atoms with Gasteiger partial charge in [-0.3, -0.25) is 0 Å². The molecule has 0 aliphatic carbocycles. The maximum absolute atomic E-state index is 9.89. The number of anilines is 1. The van der Waals surface area contributed by atoms with E-state index in [1.165, 1.54) is 0 Å². The molecule has 1 aromatic heterocycles. The zero-order chi connectivity index (χ0) is 13.2. The number of pyridine rings is 1. The van der Waals surface area contributed by atoms with Gasteiger partial charge in [-0.05, 0) is 18.2 Å². The molecule has 0 radical (unpaired) electrons. The van der Waals surface area contributed by atoms with Crippen LogP contribution >= 0.6 is 11.6 Å². The van der Waals surface area contributed by atoms with Crippen LogP contribution in [-0.4, -0.2) is 16.9 Å². The fraction of sp³-hybridized carbons (Fsp3) is 0.154. The van der Waals surface area contributed by atoms with Crippen LogP contribution in [0.2, 0.25) is 5.15 Å². The van der Waals surface area contributed by atoms with Crippen LogP contribution in [0, 0.1) is 0 Å². The minimum atomic E-state index is 0.164. The summed E-state index contributed by atoms with van der Waals surface area (Å²) in [5.74, 6) is 1.37. The van der Waals surface area contributed by atoms with Gasteiger partial charge < -0.3 is 19.9 Å². The first-order valence-corrected chi connectivity index (χ1v) is 6.07. The molecule has 0 atom stereocenters. The molecule has 1 aliphatic heterocycles. The number of fused-ring (bicyclic) bond motifs is 1. The van der Waals surface area contributed by atoms with Crippen LogP contribution < -0.4 is 14.8 Å². The van der Waals surface area contributed by atoms with E-state index in [4.69, 9.17) is 21.1 Å². The van der Waals surface area contributed by atoms with E-state index in [1.54, 1.807) is 30.5 Å². The number of halogens is 1. The van der Waals surface area contributed by atoms with Gasteiger partial charge in [-0.15, -0.1) is 0 Å². The lowest BCUT2D eigenvalue weighted by Crippen LogP contribution is -2.00. The Bertz CT molecular complexity index is 619. The molecule has 0 bridgehead atoms. The van der Waals surface area contributed by atoms with Crippen molar-refractivity contribution in [1.29, 1.82) is 0 Å². The van der Waals surface area contributed by atoms with Crippen LogP contribution in [0.3, 0.4) is 0 Å². The minimum absolute atomic E-state index is 0.164. The third-order valence-corrected chi connectivity index (χ3v) is 2.99. The molecule has 2 heterocycles. The molecule has 3 rings (SSSR count). The van der Waals surface area contributed by atoms with Crippen LogP contribution in [0.15, 0.2) is 30.5 Å². The van der Waals surface area contributed by atoms with Crippen molar-refractivity contribution in [1.82, 2.24) is 4.98 Å². The number of ether oxygens (including phenoxy) is 2. The van der Waals surface area contributed by atoms with E-state index in [0.29, 0.717) is 23.2 Å². The molecule has 0 saturated carbocycles. The zero-order valence-corrected chi connectivity index (χ0v) is 10.6. The third-order valence-electron chi connectivity index (χ3n) is 2.78. The van der Waals surface area contributed by atoms with Crippen molar-refractivity contribution in [2.45, 2.75) is 6.54 Å². The van der Waals surface area contributed by atoms with Gasteiger partial charge in [0.1, 0.15) is 10.9 Å². The summed E-state index contributed by atoms with van der Waals surface area (Å²) < 4.78 is 10.5. The number of nitrogens with one attached hydrogen (secondary N) is 1. The SMILES string of the molecule is Oc1cc2c(cc1CNc1ccnc(Cl)c1)OCO2. The number of benzene rings is 1. The Morgan fingerprint density at radius 3 is 2.84 bits per heavy atom. The van der Waals surface area contributed by atoms with Gasteiger partial charge in [0.2, 0.25) is 6.79 Å². The molecule has 0 amide bonds. The lowest BCUT2D eigenvalue weighted by atomic mass is 10.1. The molecule has 1 aromatic carbocycles. The van der Waals surface area contributed by atoms with Crippen molar-refractivity contribution < 1.29 is 14.6 Å². The Morgan fingerprint density at radius 1 is 1.26 bits per heavy atom. The summed E-state index contributed by atoms with van der Waals surface area (Å²) in [5.41, 5.74) is 1.55. The molecule has 2 aromatic rings. The second-order valence-corrected chi connectivity index (χ2v) is 4.44. The molecule has 0 spiro atoms. The quantitative estimate of drug-likeness (QED) is 0.845. The summed E-state index contributed by atoms with van der Waals surface area (Å²) in [6.45, 7) is 0.633. The summed E-state index contributed by atoms with van der Waals surface area (Å²) in [6.07, 6.45) is 1.62. The Balaban J connectivity index is 1.77. The highest BCUT2D eigenvalue weighted by Gasteiger charge is 2.16. The molecular formula is C13H11ClN2O3. The van der Waals surface area contributed by atoms with Crippen LogP contribution in [0.25, 0.3) is 0 Å². The molecule has 19 heavy (non-hydrogen) atoms. The lowest BCUT2D eigenvalue weighted by molar-refractivity contribution is 0.174. The van der Waals surface area contributed by atoms with E-state index in [-0.39, 0.29) is 12.5 Å². The predicted molar refractivity (Wildman–Crippen MR) is 70.8 cm³/mol. The molecule has 6 heteroatoms. The Hall–Kier alpha value is -2.14. The molecule has 0 saturated heterocycles. The van der Waals surface area contributed by atoms with Crippen LogP contribution in [0.4, 0.5) is 5.69 Å². The maximum atomic E-state index is 9.89. The highest BCUT2D eigenvalue weighted by atomic mass is 35.5. The van der Waals surface area contributed by atoms with Crippen molar-refractivity contribution in [2.75, 3.05) is 12.1 Å². The van der Waals surface area contributed by atoms with Gasteiger partial charge in [-0.2, -0.15) is 0 Å². The zero-order valence-electron chi connectivity index (χ0n) is 9.89. The monoisotopic (exact) mass is 278 g/mol. The Morgan fingerprint density at radius 2 is 2.05 bits per heavy atom. The summed E-state index contributed by atoms with van der Waals surface area (Å²) in [4.78, 5) is 3.90. The van der Waals surface area contributed by atoms with Crippen molar-refractivity contribution in [3.8, 4) is 17.2 Å². The van der Waals surface area contributed by atoms with Crippen molar-refractivity contribution >= 4 is 17.3 Å². The van der Waals surface area contributed by atoms with Gasteiger partial charge in [0.05, 0.1) is 0 Å². The summed E-state index contributed by atoms with van der Waals surface area (Å²) in [7, 11) is 0. The maximum Gasteiger partial charge on any atom is 0.231 e. The minimum Gasteiger partial charge on any atom is -0.507 e. The van der Waals surface area contributed by atoms with E-state index in [9.17, 15) is 5.11 Å². The lowest BCUT2D eigenvalue weighted by Gasteiger charge is -2.09. The van der Waals surface area contributed by atoms with E-state index in [0.717, 1.165) is 11.3 Å². The normalized spacial score (nSPS) is 12.5. The molecule has 0 unspecified atom stereocenters. The number of aromatic nitrogens is 1. The molecule has 98 valence electrons. The number of rotatable bonds is 3. The smallest absolute Gasteiger partial charge is 0.231 e. The first kappa shape index (κ1) is 11.9. The van der Waals surface area contributed by atoms with Gasteiger partial charge in [0, 0.05) is 30.1 Å². The molecule has 5 nitrogen and oxygen atoms in total. The van der Waals surface area contributed by atoms with Gasteiger partial charge in [-0.1, -0.05) is 11.6 Å². The second kappa shape index (κ2) is 4.85. The highest BCUT2D eigenvalue weighted by Crippen LogP contribution is 2.37. The standard InChI is InChI=1S/C13H11ClN2O3/c14-13-4-9(1-2-15-13)16-6-8-3-11-12(5-10(8)17)19-7-18-11/h1-5,17H,6-7H2,(H,15,16). The van der Waals surface area contributed by atoms with Gasteiger partial charge in [0.25, 0.3) is 0 Å². The average Bonchev–Trinajstić information content (AvgIpc) is 2.83.